The Kier molecular flexibility index (Phi) is 4.36. The van der Waals surface area contributed by atoms with Crippen molar-refractivity contribution in [1.82, 2.24) is 5.32 Å². The Morgan fingerprint density at radius 1 is 1.22 bits per heavy atom. The topological polar surface area (TPSA) is 30.5 Å². The van der Waals surface area contributed by atoms with Crippen molar-refractivity contribution in [3.05, 3.63) is 23.8 Å². The Bertz CT molecular complexity index is 393. The van der Waals surface area contributed by atoms with E-state index in [-0.39, 0.29) is 11.9 Å². The molecule has 0 bridgehead atoms. The molecule has 0 atom stereocenters. The van der Waals surface area contributed by atoms with Gasteiger partial charge in [0.2, 0.25) is 0 Å². The molecule has 0 spiro atoms. The van der Waals surface area contributed by atoms with Gasteiger partial charge in [-0.3, -0.25) is 0 Å². The van der Waals surface area contributed by atoms with Crippen LogP contribution < -0.4 is 14.8 Å². The van der Waals surface area contributed by atoms with E-state index < -0.39 is 6.61 Å². The molecule has 18 heavy (non-hydrogen) atoms. The highest BCUT2D eigenvalue weighted by atomic mass is 19.3. The number of benzene rings is 1. The predicted molar refractivity (Wildman–Crippen MR) is 64.3 cm³/mol. The Morgan fingerprint density at radius 2 is 1.94 bits per heavy atom. The molecule has 0 aromatic heterocycles. The molecule has 0 saturated carbocycles. The number of nitrogens with one attached hydrogen (secondary N) is 1. The van der Waals surface area contributed by atoms with Gasteiger partial charge < -0.3 is 14.8 Å². The van der Waals surface area contributed by atoms with E-state index in [1.807, 2.05) is 13.0 Å². The summed E-state index contributed by atoms with van der Waals surface area (Å²) in [5.41, 5.74) is 0.864. The SMILES string of the molecule is Cc1ccc(OC2CCNCC2)c(OC(F)F)c1. The molecule has 0 amide bonds. The first kappa shape index (κ1) is 13.1. The van der Waals surface area contributed by atoms with Crippen LogP contribution in [0.4, 0.5) is 8.78 Å². The van der Waals surface area contributed by atoms with Gasteiger partial charge in [-0.15, -0.1) is 0 Å². The van der Waals surface area contributed by atoms with Crippen LogP contribution in [0.2, 0.25) is 0 Å². The van der Waals surface area contributed by atoms with Crippen molar-refractivity contribution < 1.29 is 18.3 Å². The van der Waals surface area contributed by atoms with Crippen LogP contribution in [-0.2, 0) is 0 Å². The summed E-state index contributed by atoms with van der Waals surface area (Å²) in [6, 6.07) is 5.09. The minimum absolute atomic E-state index is 0.0639. The van der Waals surface area contributed by atoms with E-state index >= 15 is 0 Å². The number of hydrogen-bond acceptors (Lipinski definition) is 3. The van der Waals surface area contributed by atoms with Crippen molar-refractivity contribution in [2.75, 3.05) is 13.1 Å². The zero-order valence-corrected chi connectivity index (χ0v) is 10.3. The van der Waals surface area contributed by atoms with E-state index in [4.69, 9.17) is 4.74 Å². The van der Waals surface area contributed by atoms with Crippen LogP contribution in [0.15, 0.2) is 18.2 Å². The van der Waals surface area contributed by atoms with Crippen molar-refractivity contribution in [3.63, 3.8) is 0 Å². The lowest BCUT2D eigenvalue weighted by molar-refractivity contribution is -0.0522. The van der Waals surface area contributed by atoms with Gasteiger partial charge >= 0.3 is 6.61 Å². The minimum atomic E-state index is -2.83. The highest BCUT2D eigenvalue weighted by Gasteiger charge is 2.18. The van der Waals surface area contributed by atoms with Crippen molar-refractivity contribution in [1.29, 1.82) is 0 Å². The fraction of sp³-hybridized carbons (Fsp3) is 0.538. The maximum absolute atomic E-state index is 12.3. The Labute approximate surface area is 105 Å². The first-order valence-corrected chi connectivity index (χ1v) is 6.08. The van der Waals surface area contributed by atoms with Crippen molar-refractivity contribution in [2.45, 2.75) is 32.5 Å². The Hall–Kier alpha value is -1.36. The van der Waals surface area contributed by atoms with Gasteiger partial charge in [0.1, 0.15) is 6.10 Å². The van der Waals surface area contributed by atoms with E-state index in [1.165, 1.54) is 0 Å². The number of hydrogen-bond donors (Lipinski definition) is 1. The van der Waals surface area contributed by atoms with E-state index in [2.05, 4.69) is 10.1 Å². The van der Waals surface area contributed by atoms with Gasteiger partial charge in [-0.2, -0.15) is 8.78 Å². The third-order valence-corrected chi connectivity index (χ3v) is 2.90. The molecule has 1 aliphatic heterocycles. The predicted octanol–water partition coefficient (Wildman–Crippen LogP) is 2.73. The summed E-state index contributed by atoms with van der Waals surface area (Å²) in [7, 11) is 0. The molecule has 0 radical (unpaired) electrons. The third-order valence-electron chi connectivity index (χ3n) is 2.90. The average molecular weight is 257 g/mol. The van der Waals surface area contributed by atoms with Crippen molar-refractivity contribution in [2.24, 2.45) is 0 Å². The number of piperidine rings is 1. The van der Waals surface area contributed by atoms with E-state index in [9.17, 15) is 8.78 Å². The maximum atomic E-state index is 12.3. The summed E-state index contributed by atoms with van der Waals surface area (Å²) >= 11 is 0. The van der Waals surface area contributed by atoms with Crippen LogP contribution in [0.25, 0.3) is 0 Å². The van der Waals surface area contributed by atoms with Gasteiger partial charge in [0.25, 0.3) is 0 Å². The van der Waals surface area contributed by atoms with Crippen molar-refractivity contribution in [3.8, 4) is 11.5 Å². The second-order valence-corrected chi connectivity index (χ2v) is 4.40. The Balaban J connectivity index is 2.09. The molecule has 1 heterocycles. The summed E-state index contributed by atoms with van der Waals surface area (Å²) < 4.78 is 34.9. The van der Waals surface area contributed by atoms with Gasteiger partial charge in [-0.05, 0) is 50.6 Å². The summed E-state index contributed by atoms with van der Waals surface area (Å²) in [6.45, 7) is 0.776. The fourth-order valence-electron chi connectivity index (χ4n) is 1.99. The standard InChI is InChI=1S/C13H17F2NO2/c1-9-2-3-11(12(8-9)18-13(14)15)17-10-4-6-16-7-5-10/h2-3,8,10,13,16H,4-7H2,1H3. The zero-order valence-electron chi connectivity index (χ0n) is 10.3. The third kappa shape index (κ3) is 3.57. The molecule has 1 saturated heterocycles. The molecule has 1 aromatic rings. The number of rotatable bonds is 4. The van der Waals surface area contributed by atoms with Gasteiger partial charge in [-0.1, -0.05) is 6.07 Å². The van der Waals surface area contributed by atoms with Crippen LogP contribution in [-0.4, -0.2) is 25.8 Å². The second kappa shape index (κ2) is 6.00. The Morgan fingerprint density at radius 3 is 2.61 bits per heavy atom. The molecular weight excluding hydrogens is 240 g/mol. The van der Waals surface area contributed by atoms with Gasteiger partial charge in [0.05, 0.1) is 0 Å². The average Bonchev–Trinajstić information content (AvgIpc) is 2.33. The summed E-state index contributed by atoms with van der Waals surface area (Å²) in [5, 5.41) is 3.23. The first-order valence-electron chi connectivity index (χ1n) is 6.08. The molecule has 1 aromatic carbocycles. The maximum Gasteiger partial charge on any atom is 0.387 e. The summed E-state index contributed by atoms with van der Waals surface area (Å²) in [4.78, 5) is 0. The normalized spacial score (nSPS) is 16.9. The summed E-state index contributed by atoms with van der Waals surface area (Å²) in [5.74, 6) is 0.510. The number of halogens is 2. The molecule has 100 valence electrons. The highest BCUT2D eigenvalue weighted by Crippen LogP contribution is 2.31. The molecule has 5 heteroatoms. The molecule has 1 aliphatic rings. The molecule has 2 rings (SSSR count). The molecule has 1 N–H and O–H groups in total. The quantitative estimate of drug-likeness (QED) is 0.899. The summed E-state index contributed by atoms with van der Waals surface area (Å²) in [6.07, 6.45) is 1.82. The van der Waals surface area contributed by atoms with Gasteiger partial charge in [0, 0.05) is 0 Å². The zero-order chi connectivity index (χ0) is 13.0. The fourth-order valence-corrected chi connectivity index (χ4v) is 1.99. The number of aryl methyl sites for hydroxylation is 1. The largest absolute Gasteiger partial charge is 0.486 e. The second-order valence-electron chi connectivity index (χ2n) is 4.40. The highest BCUT2D eigenvalue weighted by molar-refractivity contribution is 5.42. The first-order chi connectivity index (χ1) is 8.65. The van der Waals surface area contributed by atoms with Crippen LogP contribution in [0.3, 0.4) is 0 Å². The van der Waals surface area contributed by atoms with E-state index in [1.54, 1.807) is 12.1 Å². The molecule has 1 fully saturated rings. The van der Waals surface area contributed by atoms with E-state index in [0.717, 1.165) is 31.5 Å². The van der Waals surface area contributed by atoms with Crippen LogP contribution in [0, 0.1) is 6.92 Å². The number of ether oxygens (including phenoxy) is 2. The molecule has 0 aliphatic carbocycles. The van der Waals surface area contributed by atoms with E-state index in [0.29, 0.717) is 5.75 Å². The van der Waals surface area contributed by atoms with Crippen molar-refractivity contribution >= 4 is 0 Å². The van der Waals surface area contributed by atoms with Crippen LogP contribution >= 0.6 is 0 Å². The number of alkyl halides is 2. The lowest BCUT2D eigenvalue weighted by atomic mass is 10.1. The molecule has 3 nitrogen and oxygen atoms in total. The van der Waals surface area contributed by atoms with Gasteiger partial charge in [0.15, 0.2) is 11.5 Å². The molecule has 0 unspecified atom stereocenters. The van der Waals surface area contributed by atoms with Crippen LogP contribution in [0.1, 0.15) is 18.4 Å². The van der Waals surface area contributed by atoms with Gasteiger partial charge in [-0.25, -0.2) is 0 Å². The van der Waals surface area contributed by atoms with Crippen LogP contribution in [0.5, 0.6) is 11.5 Å². The molecular formula is C13H17F2NO2. The monoisotopic (exact) mass is 257 g/mol. The lowest BCUT2D eigenvalue weighted by Crippen LogP contribution is -2.34. The lowest BCUT2D eigenvalue weighted by Gasteiger charge is -2.25. The smallest absolute Gasteiger partial charge is 0.387 e. The minimum Gasteiger partial charge on any atom is -0.486 e.